The van der Waals surface area contributed by atoms with Crippen molar-refractivity contribution in [1.82, 2.24) is 4.98 Å². The molecule has 1 N–H and O–H groups in total. The third-order valence-corrected chi connectivity index (χ3v) is 3.19. The molecule has 1 aromatic heterocycles. The summed E-state index contributed by atoms with van der Waals surface area (Å²) in [6.07, 6.45) is 6.53. The highest BCUT2D eigenvalue weighted by atomic mass is 16.5. The third-order valence-electron chi connectivity index (χ3n) is 3.19. The summed E-state index contributed by atoms with van der Waals surface area (Å²) < 4.78 is 5.67. The van der Waals surface area contributed by atoms with Gasteiger partial charge >= 0.3 is 5.97 Å². The largest absolute Gasteiger partial charge is 0.478 e. The van der Waals surface area contributed by atoms with Gasteiger partial charge in [-0.25, -0.2) is 4.79 Å². The number of carbonyl (C=O) groups is 1. The van der Waals surface area contributed by atoms with E-state index in [0.29, 0.717) is 12.2 Å². The first-order valence-electron chi connectivity index (χ1n) is 6.18. The normalized spacial score (nSPS) is 19.5. The molecule has 0 saturated carbocycles. The number of anilines is 1. The highest BCUT2D eigenvalue weighted by molar-refractivity contribution is 5.93. The van der Waals surface area contributed by atoms with Crippen molar-refractivity contribution < 1.29 is 14.6 Å². The van der Waals surface area contributed by atoms with E-state index in [1.54, 1.807) is 12.3 Å². The van der Waals surface area contributed by atoms with E-state index >= 15 is 0 Å². The fourth-order valence-electron chi connectivity index (χ4n) is 2.24. The third kappa shape index (κ3) is 2.98. The quantitative estimate of drug-likeness (QED) is 0.882. The molecule has 2 heterocycles. The summed E-state index contributed by atoms with van der Waals surface area (Å²) in [6, 6.07) is 1.73. The van der Waals surface area contributed by atoms with E-state index in [0.717, 1.165) is 19.4 Å². The van der Waals surface area contributed by atoms with E-state index in [4.69, 9.17) is 9.84 Å². The number of aromatic nitrogens is 1. The van der Waals surface area contributed by atoms with Crippen LogP contribution in [-0.2, 0) is 4.74 Å². The smallest absolute Gasteiger partial charge is 0.339 e. The van der Waals surface area contributed by atoms with Crippen LogP contribution in [0, 0.1) is 0 Å². The summed E-state index contributed by atoms with van der Waals surface area (Å²) >= 11 is 0. The molecule has 1 fully saturated rings. The van der Waals surface area contributed by atoms with Gasteiger partial charge in [0.05, 0.1) is 11.8 Å². The summed E-state index contributed by atoms with van der Waals surface area (Å²) in [7, 11) is 1.89. The van der Waals surface area contributed by atoms with Crippen molar-refractivity contribution in [2.24, 2.45) is 0 Å². The topological polar surface area (TPSA) is 62.7 Å². The number of ether oxygens (including phenoxy) is 1. The second-order valence-electron chi connectivity index (χ2n) is 4.57. The van der Waals surface area contributed by atoms with Gasteiger partial charge in [-0.2, -0.15) is 0 Å². The van der Waals surface area contributed by atoms with Crippen LogP contribution < -0.4 is 4.90 Å². The minimum atomic E-state index is -0.950. The van der Waals surface area contributed by atoms with Crippen LogP contribution in [0.15, 0.2) is 18.5 Å². The number of carboxylic acid groups (broad SMARTS) is 1. The lowest BCUT2D eigenvalue weighted by molar-refractivity contribution is 0.0215. The number of nitrogens with zero attached hydrogens (tertiary/aromatic N) is 2. The summed E-state index contributed by atoms with van der Waals surface area (Å²) in [6.45, 7) is 1.52. The number of hydrogen-bond donors (Lipinski definition) is 1. The summed E-state index contributed by atoms with van der Waals surface area (Å²) in [5.74, 6) is -0.950. The van der Waals surface area contributed by atoms with Gasteiger partial charge in [0.25, 0.3) is 0 Å². The minimum Gasteiger partial charge on any atom is -0.478 e. The molecule has 98 valence electrons. The van der Waals surface area contributed by atoms with Gasteiger partial charge in [-0.05, 0) is 25.3 Å². The van der Waals surface area contributed by atoms with E-state index in [9.17, 15) is 4.79 Å². The van der Waals surface area contributed by atoms with Crippen molar-refractivity contribution in [2.75, 3.05) is 25.1 Å². The maximum absolute atomic E-state index is 11.1. The summed E-state index contributed by atoms with van der Waals surface area (Å²) in [5.41, 5.74) is 0.919. The maximum atomic E-state index is 11.1. The number of hydrogen-bond acceptors (Lipinski definition) is 4. The lowest BCUT2D eigenvalue weighted by Gasteiger charge is -2.29. The molecular weight excluding hydrogens is 232 g/mol. The molecular formula is C13H18N2O3. The first-order valence-corrected chi connectivity index (χ1v) is 6.18. The van der Waals surface area contributed by atoms with E-state index < -0.39 is 5.97 Å². The van der Waals surface area contributed by atoms with E-state index in [1.165, 1.54) is 12.6 Å². The van der Waals surface area contributed by atoms with E-state index in [2.05, 4.69) is 4.98 Å². The van der Waals surface area contributed by atoms with Gasteiger partial charge in [-0.1, -0.05) is 0 Å². The predicted molar refractivity (Wildman–Crippen MR) is 68.1 cm³/mol. The Morgan fingerprint density at radius 1 is 1.61 bits per heavy atom. The Balaban J connectivity index is 2.08. The Kier molecular flexibility index (Phi) is 4.15. The molecule has 1 aliphatic heterocycles. The van der Waals surface area contributed by atoms with Gasteiger partial charge in [0.15, 0.2) is 0 Å². The Morgan fingerprint density at radius 3 is 3.11 bits per heavy atom. The van der Waals surface area contributed by atoms with Crippen LogP contribution in [0.5, 0.6) is 0 Å². The molecule has 2 rings (SSSR count). The molecule has 1 atom stereocenters. The molecule has 0 bridgehead atoms. The van der Waals surface area contributed by atoms with Gasteiger partial charge in [-0.15, -0.1) is 0 Å². The minimum absolute atomic E-state index is 0.193. The molecule has 0 aromatic carbocycles. The molecule has 1 aliphatic rings. The molecule has 1 unspecified atom stereocenters. The molecule has 18 heavy (non-hydrogen) atoms. The molecule has 1 saturated heterocycles. The van der Waals surface area contributed by atoms with Gasteiger partial charge in [0, 0.05) is 32.6 Å². The molecule has 5 heteroatoms. The average molecular weight is 250 g/mol. The lowest BCUT2D eigenvalue weighted by atomic mass is 10.1. The van der Waals surface area contributed by atoms with Gasteiger partial charge in [0.1, 0.15) is 5.56 Å². The van der Waals surface area contributed by atoms with Crippen molar-refractivity contribution in [3.05, 3.63) is 24.0 Å². The Labute approximate surface area is 106 Å². The second kappa shape index (κ2) is 5.82. The highest BCUT2D eigenvalue weighted by Crippen LogP contribution is 2.21. The van der Waals surface area contributed by atoms with Crippen LogP contribution >= 0.6 is 0 Å². The summed E-state index contributed by atoms with van der Waals surface area (Å²) in [4.78, 5) is 16.9. The van der Waals surface area contributed by atoms with Crippen LogP contribution in [0.2, 0.25) is 0 Å². The van der Waals surface area contributed by atoms with E-state index in [1.807, 2.05) is 11.9 Å². The molecule has 0 amide bonds. The van der Waals surface area contributed by atoms with Crippen LogP contribution in [0.3, 0.4) is 0 Å². The van der Waals surface area contributed by atoms with Crippen LogP contribution in [-0.4, -0.2) is 42.4 Å². The Morgan fingerprint density at radius 2 is 2.44 bits per heavy atom. The summed E-state index contributed by atoms with van der Waals surface area (Å²) in [5, 5.41) is 9.12. The molecule has 0 radical (unpaired) electrons. The molecule has 1 aromatic rings. The maximum Gasteiger partial charge on any atom is 0.339 e. The zero-order chi connectivity index (χ0) is 13.0. The van der Waals surface area contributed by atoms with Gasteiger partial charge in [0.2, 0.25) is 0 Å². The van der Waals surface area contributed by atoms with Crippen molar-refractivity contribution in [3.63, 3.8) is 0 Å². The van der Waals surface area contributed by atoms with Crippen molar-refractivity contribution in [1.29, 1.82) is 0 Å². The van der Waals surface area contributed by atoms with Gasteiger partial charge in [-0.3, -0.25) is 4.98 Å². The van der Waals surface area contributed by atoms with Crippen LogP contribution in [0.25, 0.3) is 0 Å². The molecule has 5 nitrogen and oxygen atoms in total. The van der Waals surface area contributed by atoms with Crippen molar-refractivity contribution in [3.8, 4) is 0 Å². The second-order valence-corrected chi connectivity index (χ2v) is 4.57. The first kappa shape index (κ1) is 12.8. The number of aromatic carboxylic acids is 1. The first-order chi connectivity index (χ1) is 8.68. The van der Waals surface area contributed by atoms with Crippen molar-refractivity contribution >= 4 is 11.7 Å². The monoisotopic (exact) mass is 250 g/mol. The Hall–Kier alpha value is -1.62. The average Bonchev–Trinajstić information content (AvgIpc) is 2.40. The number of carboxylic acids is 1. The van der Waals surface area contributed by atoms with E-state index in [-0.39, 0.29) is 11.7 Å². The fraction of sp³-hybridized carbons (Fsp3) is 0.538. The number of pyridine rings is 1. The fourth-order valence-corrected chi connectivity index (χ4v) is 2.24. The zero-order valence-corrected chi connectivity index (χ0v) is 10.5. The number of rotatable bonds is 4. The molecule has 0 aliphatic carbocycles. The molecule has 0 spiro atoms. The highest BCUT2D eigenvalue weighted by Gasteiger charge is 2.19. The lowest BCUT2D eigenvalue weighted by Crippen LogP contribution is -2.34. The Bertz CT molecular complexity index is 416. The van der Waals surface area contributed by atoms with Crippen LogP contribution in [0.4, 0.5) is 5.69 Å². The standard InChI is InChI=1S/C13H18N2O3/c1-15(9-10-4-2-3-7-18-10)12-5-6-14-8-11(12)13(16)17/h5-6,8,10H,2-4,7,9H2,1H3,(H,16,17). The van der Waals surface area contributed by atoms with Crippen LogP contribution in [0.1, 0.15) is 29.6 Å². The van der Waals surface area contributed by atoms with Gasteiger partial charge < -0.3 is 14.7 Å². The zero-order valence-electron chi connectivity index (χ0n) is 10.5. The number of likely N-dealkylation sites (N-methyl/N-ethyl adjacent to an activating group) is 1. The predicted octanol–water partition coefficient (Wildman–Crippen LogP) is 1.79. The van der Waals surface area contributed by atoms with Crippen molar-refractivity contribution in [2.45, 2.75) is 25.4 Å². The SMILES string of the molecule is CN(CC1CCCCO1)c1ccncc1C(=O)O.